The van der Waals surface area contributed by atoms with Crippen LogP contribution in [-0.2, 0) is 30.9 Å². The number of amides is 2. The minimum absolute atomic E-state index is 0.00998. The number of ether oxygens (including phenoxy) is 2. The van der Waals surface area contributed by atoms with E-state index in [-0.39, 0.29) is 22.4 Å². The van der Waals surface area contributed by atoms with Crippen molar-refractivity contribution in [2.75, 3.05) is 20.3 Å². The molecule has 0 bridgehead atoms. The van der Waals surface area contributed by atoms with Crippen LogP contribution in [0, 0.1) is 0 Å². The lowest BCUT2D eigenvalue weighted by atomic mass is 10.2. The van der Waals surface area contributed by atoms with Gasteiger partial charge in [0.1, 0.15) is 17.2 Å². The van der Waals surface area contributed by atoms with Gasteiger partial charge in [0.15, 0.2) is 6.61 Å². The minimum Gasteiger partial charge on any atom is -0.497 e. The Hall–Kier alpha value is -3.40. The first-order valence-electron chi connectivity index (χ1n) is 10.1. The summed E-state index contributed by atoms with van der Waals surface area (Å²) in [4.78, 5) is 38.8. The zero-order valence-corrected chi connectivity index (χ0v) is 18.2. The van der Waals surface area contributed by atoms with Crippen molar-refractivity contribution in [2.45, 2.75) is 30.3 Å². The smallest absolute Gasteiger partial charge is 0.327 e. The first kappa shape index (κ1) is 21.8. The van der Waals surface area contributed by atoms with E-state index < -0.39 is 35.1 Å². The standard InChI is InChI=1S/C22H22N2O7S/c1-30-17-10-6-15(7-11-17)12-23(16-8-9-16)20(25)14-31-21(26)13-24-22(27)18-4-2-3-5-19(18)32(24,28)29/h2-7,10-11,16H,8-9,12-14H2,1H3. The molecule has 2 amide bonds. The second kappa shape index (κ2) is 8.62. The summed E-state index contributed by atoms with van der Waals surface area (Å²) in [7, 11) is -2.55. The molecule has 0 atom stereocenters. The van der Waals surface area contributed by atoms with Gasteiger partial charge in [-0.2, -0.15) is 0 Å². The molecular formula is C22H22N2O7S. The van der Waals surface area contributed by atoms with Crippen LogP contribution in [0.5, 0.6) is 5.75 Å². The Morgan fingerprint density at radius 3 is 2.41 bits per heavy atom. The summed E-state index contributed by atoms with van der Waals surface area (Å²) in [5.74, 6) is -1.43. The SMILES string of the molecule is COc1ccc(CN(C(=O)COC(=O)CN2C(=O)c3ccccc3S2(=O)=O)C2CC2)cc1. The minimum atomic E-state index is -4.12. The Bertz CT molecular complexity index is 1160. The van der Waals surface area contributed by atoms with E-state index in [9.17, 15) is 22.8 Å². The highest BCUT2D eigenvalue weighted by atomic mass is 32.2. The number of sulfonamides is 1. The van der Waals surface area contributed by atoms with Crippen molar-refractivity contribution in [3.8, 4) is 5.75 Å². The van der Waals surface area contributed by atoms with E-state index in [0.717, 1.165) is 18.4 Å². The normalized spacial score (nSPS) is 16.4. The molecule has 1 fully saturated rings. The summed E-state index contributed by atoms with van der Waals surface area (Å²) in [6.45, 7) is -0.953. The third-order valence-electron chi connectivity index (χ3n) is 5.36. The lowest BCUT2D eigenvalue weighted by Gasteiger charge is -2.23. The van der Waals surface area contributed by atoms with E-state index in [2.05, 4.69) is 0 Å². The van der Waals surface area contributed by atoms with Gasteiger partial charge >= 0.3 is 5.97 Å². The van der Waals surface area contributed by atoms with Crippen molar-refractivity contribution in [3.63, 3.8) is 0 Å². The van der Waals surface area contributed by atoms with Crippen molar-refractivity contribution in [3.05, 3.63) is 59.7 Å². The summed E-state index contributed by atoms with van der Waals surface area (Å²) in [6.07, 6.45) is 1.74. The quantitative estimate of drug-likeness (QED) is 0.552. The van der Waals surface area contributed by atoms with Crippen LogP contribution < -0.4 is 4.74 Å². The molecule has 0 saturated heterocycles. The fraction of sp³-hybridized carbons (Fsp3) is 0.318. The third kappa shape index (κ3) is 4.31. The molecule has 0 spiro atoms. The number of carbonyl (C=O) groups excluding carboxylic acids is 3. The van der Waals surface area contributed by atoms with Crippen molar-refractivity contribution < 1.29 is 32.3 Å². The zero-order chi connectivity index (χ0) is 22.9. The molecule has 2 aliphatic rings. The number of hydrogen-bond donors (Lipinski definition) is 0. The molecule has 168 valence electrons. The van der Waals surface area contributed by atoms with E-state index in [1.54, 1.807) is 30.2 Å². The summed E-state index contributed by atoms with van der Waals surface area (Å²) in [5, 5.41) is 0. The topological polar surface area (TPSA) is 110 Å². The Morgan fingerprint density at radius 1 is 1.09 bits per heavy atom. The van der Waals surface area contributed by atoms with Crippen molar-refractivity contribution in [1.29, 1.82) is 0 Å². The van der Waals surface area contributed by atoms with Gasteiger partial charge in [-0.15, -0.1) is 0 Å². The molecule has 0 radical (unpaired) electrons. The van der Waals surface area contributed by atoms with Crippen molar-refractivity contribution in [2.24, 2.45) is 0 Å². The van der Waals surface area contributed by atoms with Crippen LogP contribution in [0.4, 0.5) is 0 Å². The molecule has 2 aromatic carbocycles. The van der Waals surface area contributed by atoms with Gasteiger partial charge < -0.3 is 14.4 Å². The average molecular weight is 458 g/mol. The fourth-order valence-corrected chi connectivity index (χ4v) is 5.02. The second-order valence-electron chi connectivity index (χ2n) is 7.57. The molecule has 1 heterocycles. The Kier molecular flexibility index (Phi) is 5.88. The predicted octanol–water partition coefficient (Wildman–Crippen LogP) is 1.57. The van der Waals surface area contributed by atoms with Gasteiger partial charge in [-0.1, -0.05) is 24.3 Å². The third-order valence-corrected chi connectivity index (χ3v) is 7.15. The number of methoxy groups -OCH3 is 1. The van der Waals surface area contributed by atoms with Gasteiger partial charge in [0.05, 0.1) is 12.7 Å². The molecule has 9 nitrogen and oxygen atoms in total. The first-order chi connectivity index (χ1) is 15.3. The highest BCUT2D eigenvalue weighted by Gasteiger charge is 2.42. The van der Waals surface area contributed by atoms with Crippen molar-refractivity contribution in [1.82, 2.24) is 9.21 Å². The second-order valence-corrected chi connectivity index (χ2v) is 9.41. The molecule has 2 aromatic rings. The van der Waals surface area contributed by atoms with Gasteiger partial charge in [0.2, 0.25) is 0 Å². The molecule has 0 unspecified atom stereocenters. The number of hydrogen-bond acceptors (Lipinski definition) is 7. The van der Waals surface area contributed by atoms with E-state index in [4.69, 9.17) is 9.47 Å². The number of fused-ring (bicyclic) bond motifs is 1. The van der Waals surface area contributed by atoms with E-state index >= 15 is 0 Å². The number of rotatable bonds is 8. The van der Waals surface area contributed by atoms with Crippen LogP contribution in [0.3, 0.4) is 0 Å². The predicted molar refractivity (Wildman–Crippen MR) is 112 cm³/mol. The lowest BCUT2D eigenvalue weighted by molar-refractivity contribution is -0.152. The number of carbonyl (C=O) groups is 3. The fourth-order valence-electron chi connectivity index (χ4n) is 3.51. The highest BCUT2D eigenvalue weighted by molar-refractivity contribution is 7.90. The first-order valence-corrected chi connectivity index (χ1v) is 11.5. The van der Waals surface area contributed by atoms with E-state index in [1.807, 2.05) is 12.1 Å². The summed E-state index contributed by atoms with van der Waals surface area (Å²) in [6, 6.07) is 13.1. The average Bonchev–Trinajstić information content (AvgIpc) is 3.62. The largest absolute Gasteiger partial charge is 0.497 e. The van der Waals surface area contributed by atoms with E-state index in [1.165, 1.54) is 18.2 Å². The maximum atomic E-state index is 12.7. The Balaban J connectivity index is 1.36. The van der Waals surface area contributed by atoms with Gasteiger partial charge in [-0.05, 0) is 42.7 Å². The van der Waals surface area contributed by atoms with Crippen LogP contribution in [-0.4, -0.2) is 61.7 Å². The van der Waals surface area contributed by atoms with Crippen LogP contribution in [0.25, 0.3) is 0 Å². The Labute approximate surface area is 185 Å². The van der Waals surface area contributed by atoms with Crippen LogP contribution in [0.15, 0.2) is 53.4 Å². The van der Waals surface area contributed by atoms with Crippen LogP contribution in [0.2, 0.25) is 0 Å². The Morgan fingerprint density at radius 2 is 1.78 bits per heavy atom. The maximum Gasteiger partial charge on any atom is 0.327 e. The van der Waals surface area contributed by atoms with Gasteiger partial charge in [-0.3, -0.25) is 14.4 Å². The summed E-state index contributed by atoms with van der Waals surface area (Å²) in [5.41, 5.74) is 0.916. The van der Waals surface area contributed by atoms with Crippen molar-refractivity contribution >= 4 is 27.8 Å². The molecule has 0 N–H and O–H groups in total. The lowest BCUT2D eigenvalue weighted by Crippen LogP contribution is -2.39. The monoisotopic (exact) mass is 458 g/mol. The van der Waals surface area contributed by atoms with E-state index in [0.29, 0.717) is 16.6 Å². The molecular weight excluding hydrogens is 436 g/mol. The molecule has 32 heavy (non-hydrogen) atoms. The van der Waals surface area contributed by atoms with Crippen LogP contribution in [0.1, 0.15) is 28.8 Å². The molecule has 1 saturated carbocycles. The molecule has 1 aliphatic carbocycles. The van der Waals surface area contributed by atoms with Crippen LogP contribution >= 0.6 is 0 Å². The highest BCUT2D eigenvalue weighted by Crippen LogP contribution is 2.30. The zero-order valence-electron chi connectivity index (χ0n) is 17.4. The number of nitrogens with zero attached hydrogens (tertiary/aromatic N) is 2. The van der Waals surface area contributed by atoms with Gasteiger partial charge in [-0.25, -0.2) is 12.7 Å². The summed E-state index contributed by atoms with van der Waals surface area (Å²) < 4.78 is 35.7. The summed E-state index contributed by atoms with van der Waals surface area (Å²) >= 11 is 0. The molecule has 4 rings (SSSR count). The van der Waals surface area contributed by atoms with Gasteiger partial charge in [0, 0.05) is 12.6 Å². The van der Waals surface area contributed by atoms with Gasteiger partial charge in [0.25, 0.3) is 21.8 Å². The molecule has 0 aromatic heterocycles. The molecule has 10 heteroatoms. The number of benzene rings is 2. The number of esters is 1. The molecule has 1 aliphatic heterocycles. The maximum absolute atomic E-state index is 12.7.